The lowest BCUT2D eigenvalue weighted by molar-refractivity contribution is -0.127. The van der Waals surface area contributed by atoms with E-state index in [0.717, 1.165) is 38.4 Å². The molecule has 1 fully saturated rings. The Morgan fingerprint density at radius 2 is 1.60 bits per heavy atom. The molecule has 2 amide bonds. The number of fused-ring (bicyclic) bond motifs is 1. The Morgan fingerprint density at radius 3 is 2.33 bits per heavy atom. The van der Waals surface area contributed by atoms with Crippen LogP contribution in [0.3, 0.4) is 0 Å². The van der Waals surface area contributed by atoms with E-state index in [0.29, 0.717) is 12.2 Å². The molecule has 30 heavy (non-hydrogen) atoms. The van der Waals surface area contributed by atoms with Crippen LogP contribution in [-0.4, -0.2) is 59.9 Å². The molecule has 0 saturated carbocycles. The number of aryl methyl sites for hydroxylation is 1. The summed E-state index contributed by atoms with van der Waals surface area (Å²) in [6.07, 6.45) is 0. The molecule has 0 atom stereocenters. The van der Waals surface area contributed by atoms with E-state index in [1.165, 1.54) is 11.1 Å². The highest BCUT2D eigenvalue weighted by Gasteiger charge is 2.43. The number of amides is 2. The molecule has 4 rings (SSSR count). The number of benzene rings is 2. The summed E-state index contributed by atoms with van der Waals surface area (Å²) >= 11 is 0. The van der Waals surface area contributed by atoms with Gasteiger partial charge in [0, 0.05) is 32.7 Å². The lowest BCUT2D eigenvalue weighted by Gasteiger charge is -2.43. The molecule has 2 aromatic carbocycles. The quantitative estimate of drug-likeness (QED) is 0.848. The molecule has 2 heterocycles. The number of para-hydroxylation sites is 2. The zero-order chi connectivity index (χ0) is 21.3. The number of nitrogens with zero attached hydrogens (tertiary/aromatic N) is 3. The molecule has 0 aromatic heterocycles. The summed E-state index contributed by atoms with van der Waals surface area (Å²) in [6, 6.07) is 16.0. The molecular formula is C24H30N4O2. The molecule has 0 radical (unpaired) electrons. The van der Waals surface area contributed by atoms with Crippen LogP contribution >= 0.6 is 0 Å². The van der Waals surface area contributed by atoms with Crippen molar-refractivity contribution in [3.63, 3.8) is 0 Å². The third-order valence-corrected chi connectivity index (χ3v) is 6.24. The van der Waals surface area contributed by atoms with Crippen molar-refractivity contribution >= 4 is 23.2 Å². The third kappa shape index (κ3) is 3.98. The van der Waals surface area contributed by atoms with Gasteiger partial charge in [-0.25, -0.2) is 0 Å². The highest BCUT2D eigenvalue weighted by atomic mass is 16.2. The predicted octanol–water partition coefficient (Wildman–Crippen LogP) is 2.88. The molecule has 2 aliphatic rings. The van der Waals surface area contributed by atoms with Crippen LogP contribution < -0.4 is 10.2 Å². The van der Waals surface area contributed by atoms with Crippen molar-refractivity contribution in [3.8, 4) is 0 Å². The number of carbonyl (C=O) groups is 2. The van der Waals surface area contributed by atoms with Crippen molar-refractivity contribution in [2.75, 3.05) is 42.9 Å². The van der Waals surface area contributed by atoms with Gasteiger partial charge in [-0.3, -0.25) is 24.3 Å². The standard InChI is InChI=1S/C24H30N4O2/c1-18-8-4-5-9-19(18)16-26-12-14-27(15-13-26)17-22(29)28-21-11-7-6-10-20(21)25-23(30)24(28,2)3/h4-11H,12-17H2,1-3H3,(H,25,30). The van der Waals surface area contributed by atoms with Crippen LogP contribution in [0.5, 0.6) is 0 Å². The van der Waals surface area contributed by atoms with Crippen molar-refractivity contribution < 1.29 is 9.59 Å². The minimum Gasteiger partial charge on any atom is -0.322 e. The lowest BCUT2D eigenvalue weighted by Crippen LogP contribution is -2.61. The van der Waals surface area contributed by atoms with E-state index in [9.17, 15) is 9.59 Å². The van der Waals surface area contributed by atoms with Gasteiger partial charge in [0.1, 0.15) is 5.54 Å². The summed E-state index contributed by atoms with van der Waals surface area (Å²) in [7, 11) is 0. The van der Waals surface area contributed by atoms with Gasteiger partial charge in [0.15, 0.2) is 0 Å². The van der Waals surface area contributed by atoms with E-state index in [-0.39, 0.29) is 11.8 Å². The van der Waals surface area contributed by atoms with E-state index in [2.05, 4.69) is 46.3 Å². The van der Waals surface area contributed by atoms with Crippen molar-refractivity contribution in [3.05, 3.63) is 59.7 Å². The molecule has 0 unspecified atom stereocenters. The first-order valence-corrected chi connectivity index (χ1v) is 10.6. The lowest BCUT2D eigenvalue weighted by atomic mass is 9.96. The third-order valence-electron chi connectivity index (χ3n) is 6.24. The Bertz CT molecular complexity index is 948. The predicted molar refractivity (Wildman–Crippen MR) is 120 cm³/mol. The maximum Gasteiger partial charge on any atom is 0.250 e. The minimum atomic E-state index is -0.919. The van der Waals surface area contributed by atoms with Crippen molar-refractivity contribution in [1.82, 2.24) is 9.80 Å². The van der Waals surface area contributed by atoms with Gasteiger partial charge in [0.25, 0.3) is 0 Å². The van der Waals surface area contributed by atoms with Gasteiger partial charge in [0.2, 0.25) is 11.8 Å². The number of hydrogen-bond donors (Lipinski definition) is 1. The maximum atomic E-state index is 13.3. The Hall–Kier alpha value is -2.70. The fraction of sp³-hybridized carbons (Fsp3) is 0.417. The average molecular weight is 407 g/mol. The number of piperazine rings is 1. The minimum absolute atomic E-state index is 0.0327. The number of hydrogen-bond acceptors (Lipinski definition) is 4. The summed E-state index contributed by atoms with van der Waals surface area (Å²) < 4.78 is 0. The Kier molecular flexibility index (Phi) is 5.62. The Labute approximate surface area is 178 Å². The second kappa shape index (κ2) is 8.20. The summed E-state index contributed by atoms with van der Waals surface area (Å²) in [4.78, 5) is 32.2. The van der Waals surface area contributed by atoms with Crippen LogP contribution in [0.1, 0.15) is 25.0 Å². The first-order valence-electron chi connectivity index (χ1n) is 10.6. The Morgan fingerprint density at radius 1 is 0.967 bits per heavy atom. The van der Waals surface area contributed by atoms with Gasteiger partial charge in [-0.15, -0.1) is 0 Å². The second-order valence-corrected chi connectivity index (χ2v) is 8.74. The van der Waals surface area contributed by atoms with Gasteiger partial charge in [-0.2, -0.15) is 0 Å². The van der Waals surface area contributed by atoms with Crippen LogP contribution in [0.15, 0.2) is 48.5 Å². The maximum absolute atomic E-state index is 13.3. The van der Waals surface area contributed by atoms with Crippen molar-refractivity contribution in [1.29, 1.82) is 0 Å². The smallest absolute Gasteiger partial charge is 0.250 e. The van der Waals surface area contributed by atoms with Gasteiger partial charge in [-0.05, 0) is 44.0 Å². The topological polar surface area (TPSA) is 55.9 Å². The highest BCUT2D eigenvalue weighted by Crippen LogP contribution is 2.36. The van der Waals surface area contributed by atoms with Crippen LogP contribution in [0.25, 0.3) is 0 Å². The summed E-state index contributed by atoms with van der Waals surface area (Å²) in [5.41, 5.74) is 3.22. The van der Waals surface area contributed by atoms with Gasteiger partial charge in [-0.1, -0.05) is 36.4 Å². The van der Waals surface area contributed by atoms with E-state index in [1.807, 2.05) is 24.3 Å². The molecule has 6 nitrogen and oxygen atoms in total. The zero-order valence-electron chi connectivity index (χ0n) is 18.0. The number of nitrogens with one attached hydrogen (secondary N) is 1. The molecule has 1 saturated heterocycles. The van der Waals surface area contributed by atoms with Gasteiger partial charge < -0.3 is 5.32 Å². The van der Waals surface area contributed by atoms with Crippen LogP contribution in [0.4, 0.5) is 11.4 Å². The van der Waals surface area contributed by atoms with Gasteiger partial charge in [0.05, 0.1) is 17.9 Å². The Balaban J connectivity index is 1.40. The van der Waals surface area contributed by atoms with Gasteiger partial charge >= 0.3 is 0 Å². The van der Waals surface area contributed by atoms with Crippen LogP contribution in [0.2, 0.25) is 0 Å². The van der Waals surface area contributed by atoms with E-state index < -0.39 is 5.54 Å². The summed E-state index contributed by atoms with van der Waals surface area (Å²) in [6.45, 7) is 10.6. The van der Waals surface area contributed by atoms with Crippen molar-refractivity contribution in [2.24, 2.45) is 0 Å². The first kappa shape index (κ1) is 20.6. The van der Waals surface area contributed by atoms with E-state index in [4.69, 9.17) is 0 Å². The fourth-order valence-corrected chi connectivity index (χ4v) is 4.29. The number of carbonyl (C=O) groups excluding carboxylic acids is 2. The second-order valence-electron chi connectivity index (χ2n) is 8.74. The molecule has 158 valence electrons. The van der Waals surface area contributed by atoms with E-state index in [1.54, 1.807) is 18.7 Å². The van der Waals surface area contributed by atoms with Crippen LogP contribution in [-0.2, 0) is 16.1 Å². The number of anilines is 2. The molecule has 0 aliphatic carbocycles. The molecule has 2 aliphatic heterocycles. The number of rotatable bonds is 4. The first-order chi connectivity index (χ1) is 14.4. The average Bonchev–Trinajstić information content (AvgIpc) is 2.72. The molecular weight excluding hydrogens is 376 g/mol. The molecule has 0 bridgehead atoms. The monoisotopic (exact) mass is 406 g/mol. The zero-order valence-corrected chi connectivity index (χ0v) is 18.0. The van der Waals surface area contributed by atoms with E-state index >= 15 is 0 Å². The summed E-state index contributed by atoms with van der Waals surface area (Å²) in [5, 5.41) is 2.92. The van der Waals surface area contributed by atoms with Crippen molar-refractivity contribution in [2.45, 2.75) is 32.9 Å². The molecule has 6 heteroatoms. The largest absolute Gasteiger partial charge is 0.322 e. The molecule has 2 aromatic rings. The normalized spacial score (nSPS) is 19.3. The summed E-state index contributed by atoms with van der Waals surface area (Å²) in [5.74, 6) is -0.188. The highest BCUT2D eigenvalue weighted by molar-refractivity contribution is 6.14. The molecule has 0 spiro atoms. The SMILES string of the molecule is Cc1ccccc1CN1CCN(CC(=O)N2c3ccccc3NC(=O)C2(C)C)CC1. The van der Waals surface area contributed by atoms with Crippen LogP contribution in [0, 0.1) is 6.92 Å². The fourth-order valence-electron chi connectivity index (χ4n) is 4.29. The molecule has 1 N–H and O–H groups in total.